The van der Waals surface area contributed by atoms with Gasteiger partial charge >= 0.3 is 35.6 Å². The van der Waals surface area contributed by atoms with Crippen molar-refractivity contribution in [2.75, 3.05) is 25.6 Å². The number of aliphatic carboxylic acids is 1. The first-order valence-corrected chi connectivity index (χ1v) is 10.3. The number of hydrogen-bond acceptors (Lipinski definition) is 6. The van der Waals surface area contributed by atoms with Gasteiger partial charge in [-0.3, -0.25) is 14.5 Å². The second kappa shape index (κ2) is 12.4. The van der Waals surface area contributed by atoms with Crippen LogP contribution in [0.25, 0.3) is 0 Å². The van der Waals surface area contributed by atoms with E-state index in [0.717, 1.165) is 16.0 Å². The zero-order valence-electron chi connectivity index (χ0n) is 19.3. The molecule has 1 N–H and O–H groups in total. The first-order chi connectivity index (χ1) is 15.8. The second-order valence-electron chi connectivity index (χ2n) is 7.45. The van der Waals surface area contributed by atoms with Gasteiger partial charge in [0.05, 0.1) is 7.11 Å². The van der Waals surface area contributed by atoms with Crippen LogP contribution in [0.1, 0.15) is 17.5 Å². The third kappa shape index (κ3) is 6.47. The topological polar surface area (TPSA) is 119 Å². The van der Waals surface area contributed by atoms with Gasteiger partial charge in [0, 0.05) is 50.4 Å². The molecule has 0 spiro atoms. The Bertz CT molecular complexity index is 1100. The molecule has 1 heterocycles. The summed E-state index contributed by atoms with van der Waals surface area (Å²) < 4.78 is 5.40. The van der Waals surface area contributed by atoms with Crippen molar-refractivity contribution in [1.29, 1.82) is 0 Å². The number of carbonyl (C=O) groups excluding carboxylic acids is 4. The minimum absolute atomic E-state index is 0. The molecule has 10 heteroatoms. The molecule has 34 heavy (non-hydrogen) atoms. The van der Waals surface area contributed by atoms with Gasteiger partial charge in [0.1, 0.15) is 5.75 Å². The van der Waals surface area contributed by atoms with Crippen LogP contribution in [-0.2, 0) is 20.8 Å². The summed E-state index contributed by atoms with van der Waals surface area (Å²) in [5.41, 5.74) is 2.07. The van der Waals surface area contributed by atoms with Crippen LogP contribution in [0.4, 0.5) is 10.5 Å². The zero-order chi connectivity index (χ0) is 24.0. The summed E-state index contributed by atoms with van der Waals surface area (Å²) >= 11 is 0. The van der Waals surface area contributed by atoms with Crippen LogP contribution in [0.3, 0.4) is 0 Å². The number of carboxylic acids is 1. The monoisotopic (exact) mass is 473 g/mol. The number of likely N-dealkylation sites (N-methyl/N-ethyl adjacent to an activating group) is 1. The number of amides is 3. The van der Waals surface area contributed by atoms with E-state index in [1.165, 1.54) is 24.2 Å². The van der Waals surface area contributed by atoms with Gasteiger partial charge in [-0.2, -0.15) is 0 Å². The van der Waals surface area contributed by atoms with Crippen LogP contribution >= 0.6 is 0 Å². The predicted molar refractivity (Wildman–Crippen MR) is 118 cm³/mol. The molecular weight excluding hydrogens is 449 g/mol. The summed E-state index contributed by atoms with van der Waals surface area (Å²) in [6.45, 7) is -0.209. The van der Waals surface area contributed by atoms with Crippen molar-refractivity contribution in [3.05, 3.63) is 71.9 Å². The molecule has 0 bridgehead atoms. The maximum atomic E-state index is 13.0. The molecule has 9 nitrogen and oxygen atoms in total. The molecule has 0 radical (unpaired) electrons. The SMILES string of the molecule is COc1ccccc1Cc1cccc(N(C(=O)NCCC(=O)[O-])[C@H]2C(=O)C=CN(C)C2=O)c1.[Na+]. The quantitative estimate of drug-likeness (QED) is 0.346. The fourth-order valence-corrected chi connectivity index (χ4v) is 3.53. The van der Waals surface area contributed by atoms with Gasteiger partial charge in [0.2, 0.25) is 0 Å². The number of nitrogens with one attached hydrogen (secondary N) is 1. The number of benzene rings is 2. The Labute approximate surface area is 219 Å². The van der Waals surface area contributed by atoms with Gasteiger partial charge < -0.3 is 24.9 Å². The number of methoxy groups -OCH3 is 1. The second-order valence-corrected chi connectivity index (χ2v) is 7.45. The molecule has 0 aliphatic carbocycles. The van der Waals surface area contributed by atoms with E-state index < -0.39 is 36.2 Å². The third-order valence-corrected chi connectivity index (χ3v) is 5.17. The van der Waals surface area contributed by atoms with Gasteiger partial charge in [0.25, 0.3) is 5.91 Å². The largest absolute Gasteiger partial charge is 1.00 e. The summed E-state index contributed by atoms with van der Waals surface area (Å²) in [5.74, 6) is -1.74. The van der Waals surface area contributed by atoms with Crippen molar-refractivity contribution in [1.82, 2.24) is 10.2 Å². The molecule has 0 unspecified atom stereocenters. The van der Waals surface area contributed by atoms with E-state index in [4.69, 9.17) is 4.74 Å². The first kappa shape index (κ1) is 27.1. The fraction of sp³-hybridized carbons (Fsp3) is 0.250. The minimum atomic E-state index is -1.41. The summed E-state index contributed by atoms with van der Waals surface area (Å²) in [6, 6.07) is 12.2. The van der Waals surface area contributed by atoms with Crippen LogP contribution in [0, 0.1) is 0 Å². The van der Waals surface area contributed by atoms with Crippen molar-refractivity contribution < 1.29 is 58.6 Å². The molecule has 2 aromatic carbocycles. The molecule has 172 valence electrons. The number of nitrogens with zero attached hydrogens (tertiary/aromatic N) is 2. The average Bonchev–Trinajstić information content (AvgIpc) is 2.79. The Kier molecular flexibility index (Phi) is 9.85. The molecule has 0 saturated heterocycles. The van der Waals surface area contributed by atoms with Crippen molar-refractivity contribution in [2.45, 2.75) is 18.9 Å². The maximum Gasteiger partial charge on any atom is 1.00 e. The summed E-state index contributed by atoms with van der Waals surface area (Å²) in [5, 5.41) is 13.2. The number of para-hydroxylation sites is 1. The standard InChI is InChI=1S/C24H25N3O6.Na/c1-26-13-11-19(28)22(23(26)31)27(24(32)25-12-10-21(29)30)18-8-5-6-16(15-18)14-17-7-3-4-9-20(17)33-2;/h3-9,11,13,15,22H,10,12,14H2,1-2H3,(H,25,32)(H,29,30);/q;+1/p-1/t22-;/m0./s1. The van der Waals surface area contributed by atoms with Gasteiger partial charge in [-0.1, -0.05) is 30.3 Å². The van der Waals surface area contributed by atoms with E-state index in [2.05, 4.69) is 5.32 Å². The normalized spacial score (nSPS) is 14.9. The van der Waals surface area contributed by atoms with Crippen molar-refractivity contribution in [3.63, 3.8) is 0 Å². The molecule has 3 rings (SSSR count). The van der Waals surface area contributed by atoms with Crippen molar-refractivity contribution >= 4 is 29.4 Å². The molecule has 1 atom stereocenters. The summed E-state index contributed by atoms with van der Waals surface area (Å²) in [6.07, 6.45) is 2.65. The van der Waals surface area contributed by atoms with E-state index >= 15 is 0 Å². The summed E-state index contributed by atoms with van der Waals surface area (Å²) in [4.78, 5) is 51.5. The Hall–Kier alpha value is -3.14. The Morgan fingerprint density at radius 3 is 2.59 bits per heavy atom. The Morgan fingerprint density at radius 1 is 1.15 bits per heavy atom. The summed E-state index contributed by atoms with van der Waals surface area (Å²) in [7, 11) is 3.07. The van der Waals surface area contributed by atoms with E-state index in [9.17, 15) is 24.3 Å². The molecule has 3 amide bonds. The van der Waals surface area contributed by atoms with E-state index in [-0.39, 0.29) is 36.1 Å². The van der Waals surface area contributed by atoms with Crippen molar-refractivity contribution in [2.24, 2.45) is 0 Å². The number of carbonyl (C=O) groups is 4. The fourth-order valence-electron chi connectivity index (χ4n) is 3.53. The maximum absolute atomic E-state index is 13.0. The molecule has 2 aromatic rings. The predicted octanol–water partition coefficient (Wildman–Crippen LogP) is -2.13. The zero-order valence-corrected chi connectivity index (χ0v) is 21.3. The van der Waals surface area contributed by atoms with Crippen LogP contribution in [0.5, 0.6) is 5.75 Å². The van der Waals surface area contributed by atoms with Gasteiger partial charge in [0.15, 0.2) is 11.8 Å². The van der Waals surface area contributed by atoms with Crippen LogP contribution in [0.15, 0.2) is 60.8 Å². The number of anilines is 1. The number of rotatable bonds is 8. The molecule has 0 fully saturated rings. The molecule has 0 aromatic heterocycles. The average molecular weight is 473 g/mol. The van der Waals surface area contributed by atoms with Gasteiger partial charge in [-0.05, 0) is 29.3 Å². The molecule has 1 aliphatic rings. The first-order valence-electron chi connectivity index (χ1n) is 10.3. The number of ketones is 1. The van der Waals surface area contributed by atoms with E-state index in [1.54, 1.807) is 25.3 Å². The minimum Gasteiger partial charge on any atom is -0.550 e. The van der Waals surface area contributed by atoms with E-state index in [0.29, 0.717) is 17.9 Å². The van der Waals surface area contributed by atoms with Gasteiger partial charge in [-0.15, -0.1) is 0 Å². The molecule has 0 saturated carbocycles. The Morgan fingerprint density at radius 2 is 1.88 bits per heavy atom. The van der Waals surface area contributed by atoms with Crippen molar-refractivity contribution in [3.8, 4) is 5.75 Å². The smallest absolute Gasteiger partial charge is 0.550 e. The Balaban J connectivity index is 0.00000408. The number of carboxylic acid groups (broad SMARTS) is 1. The third-order valence-electron chi connectivity index (χ3n) is 5.17. The number of ether oxygens (including phenoxy) is 1. The van der Waals surface area contributed by atoms with Crippen LogP contribution in [0.2, 0.25) is 0 Å². The molecule has 1 aliphatic heterocycles. The molecular formula is C24H24N3NaO6. The number of urea groups is 1. The van der Waals surface area contributed by atoms with Gasteiger partial charge in [-0.25, -0.2) is 4.79 Å². The van der Waals surface area contributed by atoms with E-state index in [1.807, 2.05) is 30.3 Å². The van der Waals surface area contributed by atoms with Crippen LogP contribution < -0.4 is 49.6 Å². The number of hydrogen-bond donors (Lipinski definition) is 1. The van der Waals surface area contributed by atoms with Crippen LogP contribution in [-0.4, -0.2) is 55.3 Å².